The quantitative estimate of drug-likeness (QED) is 0.260. The number of hydrogen-bond acceptors (Lipinski definition) is 9. The molecule has 15 heteroatoms. The first-order valence-corrected chi connectivity index (χ1v) is 17.5. The first kappa shape index (κ1) is 33.1. The minimum absolute atomic E-state index is 0.00338. The summed E-state index contributed by atoms with van der Waals surface area (Å²) in [6.07, 6.45) is 7.83. The zero-order chi connectivity index (χ0) is 35.6. The van der Waals surface area contributed by atoms with Crippen LogP contribution in [0.2, 0.25) is 0 Å². The molecule has 1 aromatic carbocycles. The van der Waals surface area contributed by atoms with E-state index >= 15 is 4.39 Å². The number of hydrogen-bond donors (Lipinski definition) is 2. The molecule has 1 aliphatic heterocycles. The van der Waals surface area contributed by atoms with Crippen LogP contribution in [-0.4, -0.2) is 76.8 Å². The van der Waals surface area contributed by atoms with Crippen LogP contribution < -0.4 is 10.9 Å². The topological polar surface area (TPSA) is 157 Å². The maximum Gasteiger partial charge on any atom is 0.279 e. The summed E-state index contributed by atoms with van der Waals surface area (Å²) in [5.41, 5.74) is 1.94. The lowest BCUT2D eigenvalue weighted by atomic mass is 9.69. The molecule has 0 spiro atoms. The molecule has 4 aromatic rings. The van der Waals surface area contributed by atoms with Gasteiger partial charge in [0.15, 0.2) is 17.3 Å². The van der Waals surface area contributed by atoms with Gasteiger partial charge in [0.25, 0.3) is 11.5 Å². The number of amides is 2. The van der Waals surface area contributed by atoms with Crippen LogP contribution in [0.5, 0.6) is 5.75 Å². The molecule has 3 aromatic heterocycles. The Morgan fingerprint density at radius 2 is 1.92 bits per heavy atom. The molecule has 0 saturated heterocycles. The maximum absolute atomic E-state index is 15.1. The van der Waals surface area contributed by atoms with Gasteiger partial charge in [-0.2, -0.15) is 9.50 Å². The number of halogens is 2. The fourth-order valence-electron chi connectivity index (χ4n) is 8.01. The third kappa shape index (κ3) is 5.76. The molecular formula is C36H38F2N8O5. The second-order valence-corrected chi connectivity index (χ2v) is 13.8. The minimum Gasteiger partial charge on any atom is -0.504 e. The van der Waals surface area contributed by atoms with Crippen molar-refractivity contribution < 1.29 is 28.2 Å². The van der Waals surface area contributed by atoms with Crippen LogP contribution in [0, 0.1) is 24.5 Å². The van der Waals surface area contributed by atoms with Gasteiger partial charge in [-0.3, -0.25) is 14.4 Å². The molecule has 0 bridgehead atoms. The molecule has 2 fully saturated rings. The average Bonchev–Trinajstić information content (AvgIpc) is 3.70. The van der Waals surface area contributed by atoms with Gasteiger partial charge in [0, 0.05) is 29.9 Å². The van der Waals surface area contributed by atoms with Crippen LogP contribution in [0.4, 0.5) is 14.5 Å². The molecule has 266 valence electrons. The summed E-state index contributed by atoms with van der Waals surface area (Å²) in [6, 6.07) is 1.96. The molecule has 51 heavy (non-hydrogen) atoms. The molecular weight excluding hydrogens is 662 g/mol. The van der Waals surface area contributed by atoms with Crippen molar-refractivity contribution in [2.75, 3.05) is 25.1 Å². The van der Waals surface area contributed by atoms with Crippen molar-refractivity contribution in [1.82, 2.24) is 34.0 Å². The summed E-state index contributed by atoms with van der Waals surface area (Å²) in [4.78, 5) is 56.1. The highest BCUT2D eigenvalue weighted by Gasteiger charge is 2.47. The number of aryl methyl sites for hydroxylation is 1. The molecule has 4 aliphatic rings. The molecule has 3 unspecified atom stereocenters. The van der Waals surface area contributed by atoms with Crippen LogP contribution in [0.25, 0.3) is 11.4 Å². The van der Waals surface area contributed by atoms with Gasteiger partial charge in [-0.15, -0.1) is 5.10 Å². The highest BCUT2D eigenvalue weighted by molar-refractivity contribution is 5.95. The number of ether oxygens (including phenoxy) is 1. The van der Waals surface area contributed by atoms with E-state index in [0.717, 1.165) is 37.0 Å². The van der Waals surface area contributed by atoms with Crippen molar-refractivity contribution in [3.05, 3.63) is 80.6 Å². The number of carbonyl (C=O) groups excluding carboxylic acids is 2. The molecule has 2 saturated carbocycles. The van der Waals surface area contributed by atoms with E-state index in [-0.39, 0.29) is 58.8 Å². The summed E-state index contributed by atoms with van der Waals surface area (Å²) in [5.74, 6) is -2.32. The number of anilines is 1. The second kappa shape index (κ2) is 12.9. The van der Waals surface area contributed by atoms with Crippen molar-refractivity contribution >= 4 is 28.9 Å². The SMILES string of the molecule is CCN(C(=O)c1ncnc(C)c1O)C1CCC1C1CCc2c1c(=O)n1nc(C3=CCOCC3)nc1n2CC(=O)Nc1cc(F)c(C2CC2)cc1F. The fourth-order valence-corrected chi connectivity index (χ4v) is 8.01. The van der Waals surface area contributed by atoms with Gasteiger partial charge in [0.2, 0.25) is 11.7 Å². The van der Waals surface area contributed by atoms with E-state index in [9.17, 15) is 23.9 Å². The molecule has 2 N–H and O–H groups in total. The predicted octanol–water partition coefficient (Wildman–Crippen LogP) is 4.26. The maximum atomic E-state index is 15.1. The largest absolute Gasteiger partial charge is 0.504 e. The fraction of sp³-hybridized carbons (Fsp3) is 0.472. The minimum atomic E-state index is -0.713. The van der Waals surface area contributed by atoms with Crippen molar-refractivity contribution in [3.8, 4) is 5.75 Å². The normalized spacial score (nSPS) is 21.3. The molecule has 0 radical (unpaired) electrons. The van der Waals surface area contributed by atoms with Gasteiger partial charge in [0.05, 0.1) is 24.6 Å². The first-order valence-electron chi connectivity index (χ1n) is 17.5. The third-order valence-corrected chi connectivity index (χ3v) is 10.9. The number of aromatic hydroxyl groups is 1. The lowest BCUT2D eigenvalue weighted by Gasteiger charge is -2.46. The summed E-state index contributed by atoms with van der Waals surface area (Å²) < 4.78 is 38.2. The molecule has 4 heterocycles. The zero-order valence-electron chi connectivity index (χ0n) is 28.4. The van der Waals surface area contributed by atoms with Gasteiger partial charge >= 0.3 is 0 Å². The van der Waals surface area contributed by atoms with E-state index in [1.807, 2.05) is 13.0 Å². The smallest absolute Gasteiger partial charge is 0.279 e. The van der Waals surface area contributed by atoms with E-state index in [1.165, 1.54) is 10.8 Å². The Morgan fingerprint density at radius 1 is 1.10 bits per heavy atom. The zero-order valence-corrected chi connectivity index (χ0v) is 28.4. The molecule has 2 amide bonds. The van der Waals surface area contributed by atoms with Crippen molar-refractivity contribution in [2.45, 2.75) is 83.2 Å². The molecule has 8 rings (SSSR count). The monoisotopic (exact) mass is 700 g/mol. The highest BCUT2D eigenvalue weighted by atomic mass is 19.1. The predicted molar refractivity (Wildman–Crippen MR) is 180 cm³/mol. The Balaban J connectivity index is 1.15. The van der Waals surface area contributed by atoms with E-state index in [1.54, 1.807) is 16.4 Å². The molecule has 13 nitrogen and oxygen atoms in total. The number of nitrogens with zero attached hydrogens (tertiary/aromatic N) is 7. The standard InChI is InChI=1S/C36H38F2N8O5/c1-3-44(35(50)31-32(48)18(2)39-17-40-31)27-8-6-21(27)22-7-9-28-30(22)34(49)46-36(42-33(43-46)20-10-12-51-13-11-20)45(28)16-29(47)41-26-15-24(37)23(14-25(26)38)19-4-5-19/h10,14-15,17,19,21-22,27,48H,3-9,11-13,16H2,1-2H3,(H,41,47). The van der Waals surface area contributed by atoms with Gasteiger partial charge < -0.3 is 24.6 Å². The Hall–Kier alpha value is -5.05. The van der Waals surface area contributed by atoms with E-state index in [0.29, 0.717) is 73.8 Å². The van der Waals surface area contributed by atoms with Crippen LogP contribution >= 0.6 is 0 Å². The van der Waals surface area contributed by atoms with Crippen molar-refractivity contribution in [1.29, 1.82) is 0 Å². The van der Waals surface area contributed by atoms with Gasteiger partial charge in [-0.05, 0) is 93.7 Å². The van der Waals surface area contributed by atoms with Gasteiger partial charge in [-0.1, -0.05) is 6.08 Å². The van der Waals surface area contributed by atoms with Crippen LogP contribution in [0.1, 0.15) is 96.1 Å². The number of fused-ring (bicyclic) bond motifs is 2. The van der Waals surface area contributed by atoms with Crippen molar-refractivity contribution in [3.63, 3.8) is 0 Å². The lowest BCUT2D eigenvalue weighted by molar-refractivity contribution is -0.116. The van der Waals surface area contributed by atoms with Crippen LogP contribution in [-0.2, 0) is 22.5 Å². The molecule has 3 atom stereocenters. The first-order chi connectivity index (χ1) is 24.6. The number of rotatable bonds is 9. The highest BCUT2D eigenvalue weighted by Crippen LogP contribution is 2.48. The van der Waals surface area contributed by atoms with E-state index < -0.39 is 23.4 Å². The summed E-state index contributed by atoms with van der Waals surface area (Å²) in [5, 5.41) is 17.7. The summed E-state index contributed by atoms with van der Waals surface area (Å²) in [6.45, 7) is 4.40. The number of carbonyl (C=O) groups is 2. The summed E-state index contributed by atoms with van der Waals surface area (Å²) in [7, 11) is 0. The number of aromatic nitrogens is 6. The van der Waals surface area contributed by atoms with E-state index in [2.05, 4.69) is 20.4 Å². The summed E-state index contributed by atoms with van der Waals surface area (Å²) >= 11 is 0. The second-order valence-electron chi connectivity index (χ2n) is 13.8. The van der Waals surface area contributed by atoms with Gasteiger partial charge in [0.1, 0.15) is 24.5 Å². The third-order valence-electron chi connectivity index (χ3n) is 10.9. The van der Waals surface area contributed by atoms with Crippen LogP contribution in [0.15, 0.2) is 29.3 Å². The Labute approximate surface area is 291 Å². The van der Waals surface area contributed by atoms with Gasteiger partial charge in [-0.25, -0.2) is 18.7 Å². The number of benzene rings is 1. The van der Waals surface area contributed by atoms with Crippen molar-refractivity contribution in [2.24, 2.45) is 5.92 Å². The Morgan fingerprint density at radius 3 is 2.63 bits per heavy atom. The lowest BCUT2D eigenvalue weighted by Crippen LogP contribution is -2.52. The van der Waals surface area contributed by atoms with Crippen LogP contribution in [0.3, 0.4) is 0 Å². The number of nitrogens with one attached hydrogen (secondary N) is 1. The molecule has 3 aliphatic carbocycles. The Bertz CT molecular complexity index is 2180. The van der Waals surface area contributed by atoms with E-state index in [4.69, 9.17) is 9.72 Å². The Kier molecular flexibility index (Phi) is 8.39. The average molecular weight is 701 g/mol.